The van der Waals surface area contributed by atoms with Crippen molar-refractivity contribution in [3.05, 3.63) is 12.2 Å². The fourth-order valence-corrected chi connectivity index (χ4v) is 4.23. The van der Waals surface area contributed by atoms with Gasteiger partial charge in [0.25, 0.3) is 0 Å². The Bertz CT molecular complexity index is 106. The summed E-state index contributed by atoms with van der Waals surface area (Å²) in [6.07, 6.45) is 10.5. The monoisotopic (exact) mass is 222 g/mol. The van der Waals surface area contributed by atoms with Crippen LogP contribution in [0.5, 0.6) is 0 Å². The molecule has 0 unspecified atom stereocenters. The second-order valence-electron chi connectivity index (χ2n) is 2.81. The molecular formula is C8H16BrP. The van der Waals surface area contributed by atoms with Gasteiger partial charge in [0, 0.05) is 7.26 Å². The van der Waals surface area contributed by atoms with E-state index in [1.165, 1.54) is 24.6 Å². The number of hydrogen-bond acceptors (Lipinski definition) is 0. The molecule has 2 heteroatoms. The average Bonchev–Trinajstić information content (AvgIpc) is 2.36. The van der Waals surface area contributed by atoms with Crippen LogP contribution in [-0.4, -0.2) is 24.6 Å². The minimum Gasteiger partial charge on any atom is -1.00 e. The summed E-state index contributed by atoms with van der Waals surface area (Å²) >= 11 is 0. The van der Waals surface area contributed by atoms with E-state index in [-0.39, 0.29) is 17.0 Å². The molecule has 0 aromatic heterocycles. The van der Waals surface area contributed by atoms with Crippen molar-refractivity contribution >= 4 is 7.26 Å². The van der Waals surface area contributed by atoms with Crippen molar-refractivity contribution in [2.75, 3.05) is 24.6 Å². The zero-order valence-corrected chi connectivity index (χ0v) is 9.29. The molecule has 0 aromatic rings. The highest BCUT2D eigenvalue weighted by Crippen LogP contribution is 2.60. The lowest BCUT2D eigenvalue weighted by Gasteiger charge is -2.17. The molecule has 0 atom stereocenters. The van der Waals surface area contributed by atoms with Crippen LogP contribution in [0.15, 0.2) is 12.2 Å². The molecule has 1 aliphatic heterocycles. The summed E-state index contributed by atoms with van der Waals surface area (Å²) in [4.78, 5) is 0. The third-order valence-corrected chi connectivity index (χ3v) is 7.15. The molecule has 0 aliphatic carbocycles. The molecule has 0 saturated carbocycles. The predicted molar refractivity (Wildman–Crippen MR) is 46.9 cm³/mol. The molecule has 1 aliphatic rings. The van der Waals surface area contributed by atoms with Gasteiger partial charge in [0.1, 0.15) is 0 Å². The van der Waals surface area contributed by atoms with E-state index in [9.17, 15) is 0 Å². The van der Waals surface area contributed by atoms with Gasteiger partial charge in [0.15, 0.2) is 0 Å². The smallest absolute Gasteiger partial charge is 0.0777 e. The lowest BCUT2D eigenvalue weighted by molar-refractivity contribution is -0.00000204. The van der Waals surface area contributed by atoms with Gasteiger partial charge in [-0.1, -0.05) is 0 Å². The van der Waals surface area contributed by atoms with Crippen LogP contribution in [0.3, 0.4) is 0 Å². The average molecular weight is 223 g/mol. The molecule has 0 amide bonds. The molecule has 10 heavy (non-hydrogen) atoms. The maximum atomic E-state index is 2.38. The Balaban J connectivity index is 0.000000810. The Hall–Kier alpha value is 0.650. The van der Waals surface area contributed by atoms with Gasteiger partial charge in [-0.05, 0) is 26.0 Å². The summed E-state index contributed by atoms with van der Waals surface area (Å²) < 4.78 is 0. The van der Waals surface area contributed by atoms with Crippen LogP contribution in [0.4, 0.5) is 0 Å². The van der Waals surface area contributed by atoms with E-state index in [0.717, 1.165) is 0 Å². The molecule has 0 N–H and O–H groups in total. The van der Waals surface area contributed by atoms with E-state index in [0.29, 0.717) is 0 Å². The van der Waals surface area contributed by atoms with Crippen molar-refractivity contribution in [3.63, 3.8) is 0 Å². The minimum absolute atomic E-state index is 0. The normalized spacial score (nSPS) is 20.6. The van der Waals surface area contributed by atoms with Crippen molar-refractivity contribution in [1.29, 1.82) is 0 Å². The summed E-state index contributed by atoms with van der Waals surface area (Å²) in [6.45, 7) is 4.70. The maximum absolute atomic E-state index is 2.38. The summed E-state index contributed by atoms with van der Waals surface area (Å²) in [7, 11) is -0.420. The summed E-state index contributed by atoms with van der Waals surface area (Å²) in [5.74, 6) is 0. The van der Waals surface area contributed by atoms with Gasteiger partial charge in [0.2, 0.25) is 0 Å². The molecule has 0 aromatic carbocycles. The van der Waals surface area contributed by atoms with Crippen LogP contribution in [0.1, 0.15) is 13.8 Å². The quantitative estimate of drug-likeness (QED) is 0.442. The highest BCUT2D eigenvalue weighted by atomic mass is 79.9. The molecular weight excluding hydrogens is 207 g/mol. The van der Waals surface area contributed by atoms with Crippen molar-refractivity contribution in [3.8, 4) is 0 Å². The first kappa shape index (κ1) is 10.7. The lowest BCUT2D eigenvalue weighted by Crippen LogP contribution is -3.00. The molecule has 60 valence electrons. The lowest BCUT2D eigenvalue weighted by atomic mass is 10.6. The SMILES string of the molecule is CC[P+]1(CC)CC=CC1.[Br-]. The summed E-state index contributed by atoms with van der Waals surface area (Å²) in [5.41, 5.74) is 0. The van der Waals surface area contributed by atoms with Crippen molar-refractivity contribution in [2.24, 2.45) is 0 Å². The van der Waals surface area contributed by atoms with E-state index < -0.39 is 7.26 Å². The Kier molecular flexibility index (Phi) is 4.81. The van der Waals surface area contributed by atoms with Crippen molar-refractivity contribution < 1.29 is 17.0 Å². The highest BCUT2D eigenvalue weighted by molar-refractivity contribution is 7.76. The number of rotatable bonds is 2. The standard InChI is InChI=1S/C8H16P.BrH/c1-3-9(4-2)7-5-6-8-9;/h5-6H,3-4,7-8H2,1-2H3;1H/q+1;/p-1. The van der Waals surface area contributed by atoms with Gasteiger partial charge >= 0.3 is 0 Å². The predicted octanol–water partition coefficient (Wildman–Crippen LogP) is -0.382. The zero-order valence-electron chi connectivity index (χ0n) is 6.81. The molecule has 0 radical (unpaired) electrons. The summed E-state index contributed by atoms with van der Waals surface area (Å²) in [6, 6.07) is 0. The topological polar surface area (TPSA) is 0 Å². The first-order valence-electron chi connectivity index (χ1n) is 3.83. The van der Waals surface area contributed by atoms with E-state index in [4.69, 9.17) is 0 Å². The van der Waals surface area contributed by atoms with Crippen LogP contribution < -0.4 is 17.0 Å². The minimum atomic E-state index is -0.420. The first-order valence-corrected chi connectivity index (χ1v) is 6.36. The van der Waals surface area contributed by atoms with Crippen molar-refractivity contribution in [2.45, 2.75) is 13.8 Å². The van der Waals surface area contributed by atoms with E-state index in [1.54, 1.807) is 0 Å². The Morgan fingerprint density at radius 1 is 1.10 bits per heavy atom. The number of halogens is 1. The second kappa shape index (κ2) is 4.51. The van der Waals surface area contributed by atoms with E-state index in [2.05, 4.69) is 26.0 Å². The Morgan fingerprint density at radius 3 is 1.70 bits per heavy atom. The van der Waals surface area contributed by atoms with Crippen LogP contribution in [-0.2, 0) is 0 Å². The largest absolute Gasteiger partial charge is 1.00 e. The van der Waals surface area contributed by atoms with Crippen LogP contribution in [0, 0.1) is 0 Å². The van der Waals surface area contributed by atoms with E-state index in [1.807, 2.05) is 0 Å². The number of allylic oxidation sites excluding steroid dienone is 2. The third-order valence-electron chi connectivity index (χ3n) is 2.49. The van der Waals surface area contributed by atoms with Gasteiger partial charge in [-0.15, -0.1) is 0 Å². The van der Waals surface area contributed by atoms with Crippen molar-refractivity contribution in [1.82, 2.24) is 0 Å². The molecule has 1 heterocycles. The fraction of sp³-hybridized carbons (Fsp3) is 0.750. The molecule has 1 rings (SSSR count). The number of hydrogen-bond donors (Lipinski definition) is 0. The second-order valence-corrected chi connectivity index (χ2v) is 7.49. The Labute approximate surface area is 75.2 Å². The first-order chi connectivity index (χ1) is 4.33. The molecule has 0 spiro atoms. The van der Waals surface area contributed by atoms with Gasteiger partial charge < -0.3 is 17.0 Å². The fourth-order valence-electron chi connectivity index (χ4n) is 1.41. The third kappa shape index (κ3) is 2.07. The van der Waals surface area contributed by atoms with Gasteiger partial charge in [0.05, 0.1) is 24.6 Å². The summed E-state index contributed by atoms with van der Waals surface area (Å²) in [5, 5.41) is 0. The zero-order chi connectivity index (χ0) is 6.74. The molecule has 0 fully saturated rings. The van der Waals surface area contributed by atoms with Gasteiger partial charge in [-0.25, -0.2) is 0 Å². The van der Waals surface area contributed by atoms with Crippen LogP contribution in [0.2, 0.25) is 0 Å². The molecule has 0 bridgehead atoms. The van der Waals surface area contributed by atoms with E-state index >= 15 is 0 Å². The van der Waals surface area contributed by atoms with Gasteiger partial charge in [-0.3, -0.25) is 0 Å². The van der Waals surface area contributed by atoms with Crippen LogP contribution >= 0.6 is 7.26 Å². The molecule has 0 saturated heterocycles. The van der Waals surface area contributed by atoms with Gasteiger partial charge in [-0.2, -0.15) is 0 Å². The molecule has 0 nitrogen and oxygen atoms in total. The maximum Gasteiger partial charge on any atom is 0.0777 e. The highest BCUT2D eigenvalue weighted by Gasteiger charge is 2.33. The Morgan fingerprint density at radius 2 is 1.50 bits per heavy atom. The van der Waals surface area contributed by atoms with Crippen LogP contribution in [0.25, 0.3) is 0 Å².